The Hall–Kier alpha value is -1.65. The van der Waals surface area contributed by atoms with E-state index in [4.69, 9.17) is 4.74 Å². The third-order valence-electron chi connectivity index (χ3n) is 2.80. The van der Waals surface area contributed by atoms with Crippen LogP contribution < -0.4 is 0 Å². The molecular formula is C12H15NO4. The molecule has 0 saturated carbocycles. The zero-order valence-electron chi connectivity index (χ0n) is 10.1. The summed E-state index contributed by atoms with van der Waals surface area (Å²) in [6.07, 6.45) is 1.45. The predicted molar refractivity (Wildman–Crippen MR) is 58.5 cm³/mol. The van der Waals surface area contributed by atoms with Crippen LogP contribution in [0, 0.1) is 5.41 Å². The number of carbonyl (C=O) groups excluding carboxylic acids is 3. The summed E-state index contributed by atoms with van der Waals surface area (Å²) >= 11 is 0. The van der Waals surface area contributed by atoms with E-state index in [0.717, 1.165) is 4.90 Å². The highest BCUT2D eigenvalue weighted by molar-refractivity contribution is 6.04. The first-order chi connectivity index (χ1) is 7.80. The van der Waals surface area contributed by atoms with Crippen LogP contribution in [0.15, 0.2) is 11.8 Å². The molecule has 0 N–H and O–H groups in total. The number of nitrogens with zero attached hydrogens (tertiary/aromatic N) is 1. The number of fused-ring (bicyclic) bond motifs is 1. The number of ether oxygens (including phenoxy) is 1. The van der Waals surface area contributed by atoms with E-state index in [-0.39, 0.29) is 12.3 Å². The van der Waals surface area contributed by atoms with E-state index in [0.29, 0.717) is 12.1 Å². The van der Waals surface area contributed by atoms with Crippen LogP contribution in [-0.4, -0.2) is 28.8 Å². The predicted octanol–water partition coefficient (Wildman–Crippen LogP) is 0.991. The summed E-state index contributed by atoms with van der Waals surface area (Å²) < 4.78 is 5.15. The van der Waals surface area contributed by atoms with Gasteiger partial charge in [-0.1, -0.05) is 6.08 Å². The molecule has 0 aromatic rings. The minimum atomic E-state index is -0.836. The lowest BCUT2D eigenvalue weighted by atomic mass is 9.97. The fourth-order valence-electron chi connectivity index (χ4n) is 1.81. The molecule has 2 heterocycles. The zero-order chi connectivity index (χ0) is 12.8. The van der Waals surface area contributed by atoms with Crippen molar-refractivity contribution in [3.63, 3.8) is 0 Å². The average Bonchev–Trinajstić information content (AvgIpc) is 2.69. The van der Waals surface area contributed by atoms with Crippen LogP contribution in [0.3, 0.4) is 0 Å². The monoisotopic (exact) mass is 237 g/mol. The maximum atomic E-state index is 11.8. The Balaban J connectivity index is 2.09. The lowest BCUT2D eigenvalue weighted by molar-refractivity contribution is -0.164. The summed E-state index contributed by atoms with van der Waals surface area (Å²) in [7, 11) is 0. The summed E-state index contributed by atoms with van der Waals surface area (Å²) in [6, 6.07) is 0. The fraction of sp³-hybridized carbons (Fsp3) is 0.583. The second kappa shape index (κ2) is 3.68. The normalized spacial score (nSPS) is 23.8. The topological polar surface area (TPSA) is 63.7 Å². The van der Waals surface area contributed by atoms with Crippen molar-refractivity contribution in [3.05, 3.63) is 11.8 Å². The number of imide groups is 1. The molecule has 1 atom stereocenters. The minimum absolute atomic E-state index is 0.237. The Morgan fingerprint density at radius 1 is 1.41 bits per heavy atom. The number of hydrogen-bond acceptors (Lipinski definition) is 4. The van der Waals surface area contributed by atoms with Crippen molar-refractivity contribution < 1.29 is 19.1 Å². The van der Waals surface area contributed by atoms with Crippen LogP contribution in [0.2, 0.25) is 0 Å². The molecule has 17 heavy (non-hydrogen) atoms. The molecule has 0 aromatic heterocycles. The third kappa shape index (κ3) is 1.97. The summed E-state index contributed by atoms with van der Waals surface area (Å²) in [5, 5.41) is 0. The Bertz CT molecular complexity index is 430. The molecule has 0 aliphatic carbocycles. The van der Waals surface area contributed by atoms with Crippen molar-refractivity contribution in [1.29, 1.82) is 0 Å². The highest BCUT2D eigenvalue weighted by atomic mass is 16.6. The number of amides is 2. The van der Waals surface area contributed by atoms with Gasteiger partial charge in [0, 0.05) is 18.5 Å². The van der Waals surface area contributed by atoms with E-state index in [1.54, 1.807) is 26.8 Å². The lowest BCUT2D eigenvalue weighted by Gasteiger charge is -2.19. The van der Waals surface area contributed by atoms with Gasteiger partial charge in [0.05, 0.1) is 5.41 Å². The van der Waals surface area contributed by atoms with E-state index in [2.05, 4.69) is 0 Å². The molecule has 1 unspecified atom stereocenters. The van der Waals surface area contributed by atoms with Gasteiger partial charge in [-0.25, -0.2) is 0 Å². The first-order valence-electron chi connectivity index (χ1n) is 5.57. The molecule has 2 aliphatic heterocycles. The third-order valence-corrected chi connectivity index (χ3v) is 2.80. The fourth-order valence-corrected chi connectivity index (χ4v) is 1.81. The van der Waals surface area contributed by atoms with Crippen molar-refractivity contribution >= 4 is 17.8 Å². The van der Waals surface area contributed by atoms with E-state index < -0.39 is 23.4 Å². The van der Waals surface area contributed by atoms with E-state index in [1.165, 1.54) is 0 Å². The standard InChI is InChI=1S/C12H15NO4/c1-12(2,3)11(16)17-8-6-7-4-5-9(14)13(7)10(8)15/h4,8H,5-6H2,1-3H3. The Morgan fingerprint density at radius 2 is 2.06 bits per heavy atom. The molecule has 5 nitrogen and oxygen atoms in total. The molecule has 0 radical (unpaired) electrons. The Labute approximate surface area is 99.4 Å². The van der Waals surface area contributed by atoms with Crippen molar-refractivity contribution in [1.82, 2.24) is 4.90 Å². The van der Waals surface area contributed by atoms with Crippen molar-refractivity contribution in [2.45, 2.75) is 39.7 Å². The van der Waals surface area contributed by atoms with Gasteiger partial charge in [0.25, 0.3) is 5.91 Å². The first-order valence-corrected chi connectivity index (χ1v) is 5.57. The highest BCUT2D eigenvalue weighted by Gasteiger charge is 2.44. The summed E-state index contributed by atoms with van der Waals surface area (Å²) in [5.41, 5.74) is 0.0119. The highest BCUT2D eigenvalue weighted by Crippen LogP contribution is 2.31. The first kappa shape index (κ1) is 11.8. The maximum absolute atomic E-state index is 11.8. The molecule has 2 rings (SSSR count). The molecule has 1 saturated heterocycles. The molecule has 92 valence electrons. The average molecular weight is 237 g/mol. The van der Waals surface area contributed by atoms with Gasteiger partial charge < -0.3 is 4.74 Å². The molecule has 1 fully saturated rings. The van der Waals surface area contributed by atoms with Gasteiger partial charge in [0.1, 0.15) is 0 Å². The van der Waals surface area contributed by atoms with Crippen LogP contribution in [0.1, 0.15) is 33.6 Å². The van der Waals surface area contributed by atoms with Crippen LogP contribution in [0.25, 0.3) is 0 Å². The zero-order valence-corrected chi connectivity index (χ0v) is 10.1. The molecule has 0 bridgehead atoms. The van der Waals surface area contributed by atoms with E-state index in [1.807, 2.05) is 0 Å². The molecular weight excluding hydrogens is 222 g/mol. The SMILES string of the molecule is CC(C)(C)C(=O)OC1CC2=CCC(=O)N2C1=O. The largest absolute Gasteiger partial charge is 0.451 e. The smallest absolute Gasteiger partial charge is 0.312 e. The van der Waals surface area contributed by atoms with Crippen LogP contribution in [-0.2, 0) is 19.1 Å². The molecule has 5 heteroatoms. The van der Waals surface area contributed by atoms with Gasteiger partial charge in [-0.15, -0.1) is 0 Å². The van der Waals surface area contributed by atoms with Crippen LogP contribution >= 0.6 is 0 Å². The van der Waals surface area contributed by atoms with E-state index >= 15 is 0 Å². The van der Waals surface area contributed by atoms with Gasteiger partial charge in [-0.05, 0) is 20.8 Å². The second-order valence-electron chi connectivity index (χ2n) is 5.32. The lowest BCUT2D eigenvalue weighted by Crippen LogP contribution is -2.36. The molecule has 2 amide bonds. The minimum Gasteiger partial charge on any atom is -0.451 e. The molecule has 0 aromatic carbocycles. The summed E-state index contributed by atoms with van der Waals surface area (Å²) in [6.45, 7) is 5.17. The molecule has 2 aliphatic rings. The molecule has 0 spiro atoms. The van der Waals surface area contributed by atoms with Crippen molar-refractivity contribution in [3.8, 4) is 0 Å². The number of carbonyl (C=O) groups is 3. The Kier molecular flexibility index (Phi) is 2.56. The van der Waals surface area contributed by atoms with Gasteiger partial charge >= 0.3 is 5.97 Å². The summed E-state index contributed by atoms with van der Waals surface area (Å²) in [5.74, 6) is -1.08. The number of hydrogen-bond donors (Lipinski definition) is 0. The van der Waals surface area contributed by atoms with Crippen LogP contribution in [0.4, 0.5) is 0 Å². The van der Waals surface area contributed by atoms with Crippen molar-refractivity contribution in [2.24, 2.45) is 5.41 Å². The maximum Gasteiger partial charge on any atom is 0.312 e. The van der Waals surface area contributed by atoms with E-state index in [9.17, 15) is 14.4 Å². The summed E-state index contributed by atoms with van der Waals surface area (Å²) in [4.78, 5) is 36.0. The van der Waals surface area contributed by atoms with Crippen molar-refractivity contribution in [2.75, 3.05) is 0 Å². The van der Waals surface area contributed by atoms with Gasteiger partial charge in [0.2, 0.25) is 5.91 Å². The second-order valence-corrected chi connectivity index (χ2v) is 5.32. The quantitative estimate of drug-likeness (QED) is 0.504. The number of esters is 1. The van der Waals surface area contributed by atoms with Gasteiger partial charge in [0.15, 0.2) is 6.10 Å². The van der Waals surface area contributed by atoms with Gasteiger partial charge in [-0.3, -0.25) is 19.3 Å². The number of rotatable bonds is 1. The van der Waals surface area contributed by atoms with Crippen LogP contribution in [0.5, 0.6) is 0 Å². The van der Waals surface area contributed by atoms with Gasteiger partial charge in [-0.2, -0.15) is 0 Å². The Morgan fingerprint density at radius 3 is 2.59 bits per heavy atom.